The molecule has 0 bridgehead atoms. The van der Waals surface area contributed by atoms with Crippen LogP contribution >= 0.6 is 0 Å². The lowest BCUT2D eigenvalue weighted by molar-refractivity contribution is 0.628. The topological polar surface area (TPSA) is 84.1 Å². The number of rotatable bonds is 3. The number of nitrogens with two attached hydrogens (primary N) is 1. The molecule has 0 spiro atoms. The van der Waals surface area contributed by atoms with Gasteiger partial charge in [0.2, 0.25) is 0 Å². The van der Waals surface area contributed by atoms with Gasteiger partial charge in [0.1, 0.15) is 5.82 Å². The van der Waals surface area contributed by atoms with Crippen LogP contribution in [0, 0.1) is 5.82 Å². The van der Waals surface area contributed by atoms with Crippen LogP contribution < -0.4 is 11.3 Å². The molecule has 120 valence electrons. The summed E-state index contributed by atoms with van der Waals surface area (Å²) in [5, 5.41) is 0.431. The first-order valence-electron chi connectivity index (χ1n) is 7.27. The van der Waals surface area contributed by atoms with E-state index in [-0.39, 0.29) is 11.4 Å². The summed E-state index contributed by atoms with van der Waals surface area (Å²) in [4.78, 5) is 23.3. The van der Waals surface area contributed by atoms with Crippen LogP contribution in [0.4, 0.5) is 4.39 Å². The number of aliphatic imine (C=N–C) groups is 1. The molecule has 0 atom stereocenters. The lowest BCUT2D eigenvalue weighted by atomic mass is 9.97. The molecule has 3 aromatic rings. The van der Waals surface area contributed by atoms with Gasteiger partial charge in [0.15, 0.2) is 0 Å². The van der Waals surface area contributed by atoms with Gasteiger partial charge in [-0.25, -0.2) is 9.37 Å². The molecule has 0 aliphatic heterocycles. The third-order valence-electron chi connectivity index (χ3n) is 3.69. The van der Waals surface area contributed by atoms with E-state index in [1.807, 2.05) is 6.07 Å². The Balaban J connectivity index is 2.35. The van der Waals surface area contributed by atoms with Crippen molar-refractivity contribution in [3.8, 4) is 11.1 Å². The second kappa shape index (κ2) is 6.45. The van der Waals surface area contributed by atoms with E-state index < -0.39 is 0 Å². The number of allylic oxidation sites excluding steroid dienone is 1. The number of nitrogens with one attached hydrogen (secondary N) is 1. The number of halogens is 1. The summed E-state index contributed by atoms with van der Waals surface area (Å²) in [6.07, 6.45) is 4.38. The Bertz CT molecular complexity index is 1000. The highest BCUT2D eigenvalue weighted by Crippen LogP contribution is 2.26. The van der Waals surface area contributed by atoms with Crippen molar-refractivity contribution in [2.24, 2.45) is 10.7 Å². The van der Waals surface area contributed by atoms with E-state index in [0.29, 0.717) is 22.2 Å². The van der Waals surface area contributed by atoms with Crippen molar-refractivity contribution in [1.29, 1.82) is 0 Å². The number of hydrogen-bond donors (Lipinski definition) is 2. The maximum absolute atomic E-state index is 13.2. The molecule has 0 saturated carbocycles. The third-order valence-corrected chi connectivity index (χ3v) is 3.69. The van der Waals surface area contributed by atoms with Gasteiger partial charge in [0.25, 0.3) is 5.56 Å². The highest BCUT2D eigenvalue weighted by Gasteiger charge is 2.12. The Morgan fingerprint density at radius 2 is 2.00 bits per heavy atom. The first-order valence-corrected chi connectivity index (χ1v) is 7.27. The summed E-state index contributed by atoms with van der Waals surface area (Å²) >= 11 is 0. The van der Waals surface area contributed by atoms with E-state index in [1.165, 1.54) is 24.7 Å². The van der Waals surface area contributed by atoms with Gasteiger partial charge in [-0.15, -0.1) is 0 Å². The van der Waals surface area contributed by atoms with Crippen LogP contribution in [0.25, 0.3) is 22.0 Å². The van der Waals surface area contributed by atoms with Crippen LogP contribution in [-0.4, -0.2) is 22.7 Å². The summed E-state index contributed by atoms with van der Waals surface area (Å²) in [6.45, 7) is 0. The van der Waals surface area contributed by atoms with Gasteiger partial charge in [-0.1, -0.05) is 12.1 Å². The van der Waals surface area contributed by atoms with Crippen molar-refractivity contribution in [2.75, 3.05) is 7.05 Å². The van der Waals surface area contributed by atoms with Crippen molar-refractivity contribution in [3.63, 3.8) is 0 Å². The minimum atomic E-state index is -0.318. The summed E-state index contributed by atoms with van der Waals surface area (Å²) in [7, 11) is 1.64. The number of fused-ring (bicyclic) bond motifs is 1. The molecule has 6 heteroatoms. The molecule has 0 saturated heterocycles. The Labute approximate surface area is 137 Å². The zero-order chi connectivity index (χ0) is 17.1. The fourth-order valence-corrected chi connectivity index (χ4v) is 2.56. The Morgan fingerprint density at radius 3 is 2.67 bits per heavy atom. The Morgan fingerprint density at radius 1 is 1.25 bits per heavy atom. The van der Waals surface area contributed by atoms with Gasteiger partial charge >= 0.3 is 0 Å². The Kier molecular flexibility index (Phi) is 4.20. The highest BCUT2D eigenvalue weighted by atomic mass is 19.1. The molecule has 0 amide bonds. The lowest BCUT2D eigenvalue weighted by Crippen LogP contribution is -2.10. The number of nitrogens with zero attached hydrogens (tertiary/aromatic N) is 2. The second-order valence-electron chi connectivity index (χ2n) is 5.13. The van der Waals surface area contributed by atoms with Gasteiger partial charge in [0.05, 0.1) is 22.9 Å². The van der Waals surface area contributed by atoms with Crippen molar-refractivity contribution in [3.05, 3.63) is 76.7 Å². The zero-order valence-corrected chi connectivity index (χ0v) is 13.0. The van der Waals surface area contributed by atoms with Crippen LogP contribution in [0.2, 0.25) is 0 Å². The van der Waals surface area contributed by atoms with Crippen molar-refractivity contribution in [2.45, 2.75) is 0 Å². The molecule has 3 rings (SSSR count). The number of aromatic amines is 1. The molecule has 1 heterocycles. The van der Waals surface area contributed by atoms with Crippen molar-refractivity contribution < 1.29 is 4.39 Å². The van der Waals surface area contributed by atoms with E-state index in [0.717, 1.165) is 11.1 Å². The predicted molar refractivity (Wildman–Crippen MR) is 93.5 cm³/mol. The van der Waals surface area contributed by atoms with Crippen LogP contribution in [0.5, 0.6) is 0 Å². The van der Waals surface area contributed by atoms with E-state index in [1.54, 1.807) is 31.3 Å². The average Bonchev–Trinajstić information content (AvgIpc) is 2.60. The molecule has 2 aromatic carbocycles. The van der Waals surface area contributed by atoms with Gasteiger partial charge in [-0.2, -0.15) is 0 Å². The number of hydrogen-bond acceptors (Lipinski definition) is 4. The minimum Gasteiger partial charge on any atom is -0.405 e. The number of benzene rings is 2. The van der Waals surface area contributed by atoms with E-state index >= 15 is 0 Å². The molecule has 1 aromatic heterocycles. The normalized spacial score (nSPS) is 12.2. The van der Waals surface area contributed by atoms with Crippen LogP contribution in [0.3, 0.4) is 0 Å². The van der Waals surface area contributed by atoms with Crippen LogP contribution in [0.1, 0.15) is 5.56 Å². The molecule has 0 fully saturated rings. The van der Waals surface area contributed by atoms with Crippen molar-refractivity contribution in [1.82, 2.24) is 9.97 Å². The molecule has 0 aliphatic rings. The van der Waals surface area contributed by atoms with E-state index in [9.17, 15) is 9.18 Å². The molecular weight excluding hydrogens is 307 g/mol. The standard InChI is InChI=1S/C18H15FN4O/c1-21-16(6-7-20)14-8-12(11-2-4-13(19)5-3-11)9-15-17(14)22-10-23-18(15)24/h2-10H,20H2,1H3,(H,22,23,24)/b7-6-,21-16?. The SMILES string of the molecule is CN=C(/C=C\N)c1cc(-c2ccc(F)cc2)cc2c(=O)[nH]cnc12. The minimum absolute atomic E-state index is 0.252. The van der Waals surface area contributed by atoms with Gasteiger partial charge < -0.3 is 10.7 Å². The monoisotopic (exact) mass is 322 g/mol. The molecule has 3 N–H and O–H groups in total. The Hall–Kier alpha value is -3.28. The summed E-state index contributed by atoms with van der Waals surface area (Å²) in [5.74, 6) is -0.318. The molecule has 0 aliphatic carbocycles. The lowest BCUT2D eigenvalue weighted by Gasteiger charge is -2.09. The number of H-pyrrole nitrogens is 1. The zero-order valence-electron chi connectivity index (χ0n) is 13.0. The first kappa shape index (κ1) is 15.6. The van der Waals surface area contributed by atoms with Crippen molar-refractivity contribution >= 4 is 16.6 Å². The van der Waals surface area contributed by atoms with Gasteiger partial charge in [-0.3, -0.25) is 9.79 Å². The largest absolute Gasteiger partial charge is 0.405 e. The van der Waals surface area contributed by atoms with Gasteiger partial charge in [-0.05, 0) is 47.7 Å². The average molecular weight is 322 g/mol. The van der Waals surface area contributed by atoms with Crippen LogP contribution in [-0.2, 0) is 0 Å². The molecule has 0 unspecified atom stereocenters. The second-order valence-corrected chi connectivity index (χ2v) is 5.13. The maximum atomic E-state index is 13.2. The smallest absolute Gasteiger partial charge is 0.258 e. The number of aromatic nitrogens is 2. The molecule has 5 nitrogen and oxygen atoms in total. The molecule has 24 heavy (non-hydrogen) atoms. The van der Waals surface area contributed by atoms with E-state index in [2.05, 4.69) is 15.0 Å². The maximum Gasteiger partial charge on any atom is 0.258 e. The summed E-state index contributed by atoms with van der Waals surface area (Å²) in [5.41, 5.74) is 8.61. The quantitative estimate of drug-likeness (QED) is 0.727. The fourth-order valence-electron chi connectivity index (χ4n) is 2.56. The fraction of sp³-hybridized carbons (Fsp3) is 0.0556. The van der Waals surface area contributed by atoms with Crippen LogP contribution in [0.15, 0.2) is 64.8 Å². The third kappa shape index (κ3) is 2.81. The highest BCUT2D eigenvalue weighted by molar-refractivity contribution is 6.16. The summed E-state index contributed by atoms with van der Waals surface area (Å²) in [6, 6.07) is 9.67. The molecular formula is C18H15FN4O. The van der Waals surface area contributed by atoms with Gasteiger partial charge in [0, 0.05) is 12.6 Å². The predicted octanol–water partition coefficient (Wildman–Crippen LogP) is 2.62. The first-order chi connectivity index (χ1) is 11.6. The van der Waals surface area contributed by atoms with E-state index in [4.69, 9.17) is 5.73 Å². The molecule has 0 radical (unpaired) electrons. The summed E-state index contributed by atoms with van der Waals surface area (Å²) < 4.78 is 13.2.